The van der Waals surface area contributed by atoms with E-state index in [1.165, 1.54) is 12.1 Å². The topological polar surface area (TPSA) is 136 Å². The van der Waals surface area contributed by atoms with E-state index in [1.54, 1.807) is 19.2 Å². The number of anilines is 1. The van der Waals surface area contributed by atoms with Crippen LogP contribution in [0.15, 0.2) is 45.9 Å². The van der Waals surface area contributed by atoms with Crippen LogP contribution in [0.4, 0.5) is 5.69 Å². The number of aryl methyl sites for hydroxylation is 1. The number of hydrogen-bond acceptors (Lipinski definition) is 8. The van der Waals surface area contributed by atoms with Crippen LogP contribution in [0.25, 0.3) is 22.3 Å². The minimum Gasteiger partial charge on any atom is -0.455 e. The van der Waals surface area contributed by atoms with Gasteiger partial charge in [0.05, 0.1) is 35.1 Å². The van der Waals surface area contributed by atoms with Gasteiger partial charge in [-0.05, 0) is 49.9 Å². The number of sulfonamides is 1. The molecule has 12 heteroatoms. The maximum atomic E-state index is 13.5. The molecule has 0 aliphatic heterocycles. The number of amides is 1. The molecule has 0 unspecified atom stereocenters. The number of aromatic nitrogens is 3. The van der Waals surface area contributed by atoms with E-state index in [1.807, 2.05) is 35.5 Å². The van der Waals surface area contributed by atoms with Crippen LogP contribution in [0.5, 0.6) is 0 Å². The monoisotopic (exact) mass is 585 g/mol. The number of nitrogens with one attached hydrogen (secondary N) is 2. The highest BCUT2D eigenvalue weighted by Crippen LogP contribution is 2.33. The molecule has 2 N–H and O–H groups in total. The number of carbonyl (C=O) groups excluding carboxylic acids is 1. The van der Waals surface area contributed by atoms with Gasteiger partial charge in [-0.25, -0.2) is 18.1 Å². The summed E-state index contributed by atoms with van der Waals surface area (Å²) in [6.45, 7) is 12.5. The van der Waals surface area contributed by atoms with E-state index in [0.717, 1.165) is 11.8 Å². The third-order valence-electron chi connectivity index (χ3n) is 6.12. The fourth-order valence-electron chi connectivity index (χ4n) is 4.47. The molecule has 4 aromatic rings. The van der Waals surface area contributed by atoms with Crippen LogP contribution in [0.1, 0.15) is 60.9 Å². The van der Waals surface area contributed by atoms with E-state index in [9.17, 15) is 18.0 Å². The lowest BCUT2D eigenvalue weighted by Crippen LogP contribution is -2.31. The molecule has 0 radical (unpaired) electrons. The van der Waals surface area contributed by atoms with Crippen LogP contribution in [0.3, 0.4) is 0 Å². The maximum absolute atomic E-state index is 13.5. The molecule has 0 aliphatic rings. The van der Waals surface area contributed by atoms with Gasteiger partial charge in [-0.15, -0.1) is 0 Å². The molecule has 212 valence electrons. The molecular formula is C28H32ClN5O5S. The van der Waals surface area contributed by atoms with E-state index >= 15 is 0 Å². The van der Waals surface area contributed by atoms with Crippen molar-refractivity contribution in [2.24, 2.45) is 5.41 Å². The van der Waals surface area contributed by atoms with Crippen molar-refractivity contribution in [3.05, 3.63) is 74.4 Å². The first-order valence-corrected chi connectivity index (χ1v) is 14.9. The van der Waals surface area contributed by atoms with Crippen LogP contribution in [0.2, 0.25) is 5.15 Å². The molecule has 3 heterocycles. The molecule has 40 heavy (non-hydrogen) atoms. The van der Waals surface area contributed by atoms with Crippen LogP contribution in [0, 0.1) is 19.3 Å². The Balaban J connectivity index is 1.80. The molecule has 0 aliphatic carbocycles. The standard InChI is InChI=1S/C28H32ClN5O5S/c1-15-10-19(17(3)31-21-8-9-22(29)32-23(21)27(36)33-40(7,37)38)26-20(11-15)24(35)16(2)25(39-26)18-12-30-34(13-18)14-28(4,5)6/h8-13,17,31H,14H2,1-7H3,(H,33,36)/t17-/m1/s1. The zero-order valence-corrected chi connectivity index (χ0v) is 25.0. The second-order valence-corrected chi connectivity index (χ2v) is 13.3. The summed E-state index contributed by atoms with van der Waals surface area (Å²) in [6.07, 6.45) is 4.42. The summed E-state index contributed by atoms with van der Waals surface area (Å²) >= 11 is 6.00. The zero-order valence-electron chi connectivity index (χ0n) is 23.4. The van der Waals surface area contributed by atoms with Gasteiger partial charge in [-0.2, -0.15) is 5.10 Å². The van der Waals surface area contributed by atoms with Crippen molar-refractivity contribution in [1.29, 1.82) is 0 Å². The third-order valence-corrected chi connectivity index (χ3v) is 6.88. The maximum Gasteiger partial charge on any atom is 0.285 e. The number of rotatable bonds is 7. The average Bonchev–Trinajstić information content (AvgIpc) is 3.27. The van der Waals surface area contributed by atoms with Gasteiger partial charge >= 0.3 is 0 Å². The Morgan fingerprint density at radius 1 is 1.20 bits per heavy atom. The fraction of sp³-hybridized carbons (Fsp3) is 0.357. The molecule has 1 aromatic carbocycles. The number of benzene rings is 1. The third kappa shape index (κ3) is 6.53. The van der Waals surface area contributed by atoms with Gasteiger partial charge in [0.2, 0.25) is 10.0 Å². The Morgan fingerprint density at radius 2 is 1.90 bits per heavy atom. The molecule has 4 rings (SSSR count). The van der Waals surface area contributed by atoms with E-state index in [4.69, 9.17) is 16.0 Å². The van der Waals surface area contributed by atoms with Crippen molar-refractivity contribution in [2.75, 3.05) is 11.6 Å². The Hall–Kier alpha value is -3.70. The Morgan fingerprint density at radius 3 is 2.55 bits per heavy atom. The van der Waals surface area contributed by atoms with E-state index in [2.05, 4.69) is 36.2 Å². The Labute approximate surface area is 237 Å². The predicted molar refractivity (Wildman–Crippen MR) is 156 cm³/mol. The lowest BCUT2D eigenvalue weighted by Gasteiger charge is -2.20. The highest BCUT2D eigenvalue weighted by Gasteiger charge is 2.23. The van der Waals surface area contributed by atoms with Crippen molar-refractivity contribution in [2.45, 2.75) is 54.1 Å². The average molecular weight is 586 g/mol. The van der Waals surface area contributed by atoms with Gasteiger partial charge in [0.25, 0.3) is 5.91 Å². The second-order valence-electron chi connectivity index (χ2n) is 11.2. The molecule has 1 amide bonds. The van der Waals surface area contributed by atoms with Gasteiger partial charge in [0, 0.05) is 23.9 Å². The highest BCUT2D eigenvalue weighted by molar-refractivity contribution is 7.89. The van der Waals surface area contributed by atoms with E-state index < -0.39 is 22.0 Å². The predicted octanol–water partition coefficient (Wildman–Crippen LogP) is 5.23. The summed E-state index contributed by atoms with van der Waals surface area (Å²) < 4.78 is 33.5. The second kappa shape index (κ2) is 10.7. The van der Waals surface area contributed by atoms with Crippen molar-refractivity contribution in [1.82, 2.24) is 19.5 Å². The molecule has 0 spiro atoms. The van der Waals surface area contributed by atoms with Gasteiger partial charge in [-0.1, -0.05) is 38.4 Å². The van der Waals surface area contributed by atoms with Crippen molar-refractivity contribution in [3.63, 3.8) is 0 Å². The van der Waals surface area contributed by atoms with E-state index in [-0.39, 0.29) is 27.4 Å². The smallest absolute Gasteiger partial charge is 0.285 e. The van der Waals surface area contributed by atoms with Gasteiger partial charge in [-0.3, -0.25) is 14.3 Å². The normalized spacial score (nSPS) is 12.9. The lowest BCUT2D eigenvalue weighted by atomic mass is 9.97. The number of hydrogen-bond donors (Lipinski definition) is 2. The summed E-state index contributed by atoms with van der Waals surface area (Å²) in [6, 6.07) is 6.21. The number of halogens is 1. The molecule has 0 bridgehead atoms. The van der Waals surface area contributed by atoms with Crippen LogP contribution < -0.4 is 15.5 Å². The summed E-state index contributed by atoms with van der Waals surface area (Å²) in [5, 5.41) is 8.12. The first kappa shape index (κ1) is 29.3. The zero-order chi connectivity index (χ0) is 29.6. The fourth-order valence-corrected chi connectivity index (χ4v) is 5.05. The first-order chi connectivity index (χ1) is 18.5. The van der Waals surface area contributed by atoms with Crippen molar-refractivity contribution < 1.29 is 17.6 Å². The minimum absolute atomic E-state index is 0.0158. The first-order valence-electron chi connectivity index (χ1n) is 12.6. The Kier molecular flexibility index (Phi) is 7.83. The number of pyridine rings is 1. The minimum atomic E-state index is -3.83. The lowest BCUT2D eigenvalue weighted by molar-refractivity contribution is 0.0977. The van der Waals surface area contributed by atoms with Gasteiger partial charge in [0.1, 0.15) is 16.5 Å². The quantitative estimate of drug-likeness (QED) is 0.281. The number of nitrogens with zero attached hydrogens (tertiary/aromatic N) is 3. The molecule has 0 saturated heterocycles. The summed E-state index contributed by atoms with van der Waals surface area (Å²) in [5.74, 6) is -0.498. The molecule has 1 atom stereocenters. The number of fused-ring (bicyclic) bond motifs is 1. The van der Waals surface area contributed by atoms with Crippen molar-refractivity contribution >= 4 is 44.2 Å². The summed E-state index contributed by atoms with van der Waals surface area (Å²) in [7, 11) is -3.83. The SMILES string of the molecule is Cc1cc([C@@H](C)Nc2ccc(Cl)nc2C(=O)NS(C)(=O)=O)c2oc(-c3cnn(CC(C)(C)C)c3)c(C)c(=O)c2c1. The van der Waals surface area contributed by atoms with Crippen LogP contribution >= 0.6 is 11.6 Å². The number of carbonyl (C=O) groups is 1. The summed E-state index contributed by atoms with van der Waals surface area (Å²) in [5.41, 5.74) is 3.00. The van der Waals surface area contributed by atoms with Crippen molar-refractivity contribution in [3.8, 4) is 11.3 Å². The Bertz CT molecular complexity index is 1790. The summed E-state index contributed by atoms with van der Waals surface area (Å²) in [4.78, 5) is 30.2. The van der Waals surface area contributed by atoms with Gasteiger partial charge in [0.15, 0.2) is 11.1 Å². The molecule has 0 fully saturated rings. The molecule has 10 nitrogen and oxygen atoms in total. The largest absolute Gasteiger partial charge is 0.455 e. The molecule has 3 aromatic heterocycles. The van der Waals surface area contributed by atoms with E-state index in [0.29, 0.717) is 40.0 Å². The molecule has 0 saturated carbocycles. The van der Waals surface area contributed by atoms with Crippen LogP contribution in [-0.4, -0.2) is 35.3 Å². The van der Waals surface area contributed by atoms with Gasteiger partial charge < -0.3 is 9.73 Å². The van der Waals surface area contributed by atoms with Crippen LogP contribution in [-0.2, 0) is 16.6 Å². The highest BCUT2D eigenvalue weighted by atomic mass is 35.5. The molecular weight excluding hydrogens is 554 g/mol.